The lowest BCUT2D eigenvalue weighted by molar-refractivity contribution is -0.129. The van der Waals surface area contributed by atoms with E-state index in [-0.39, 0.29) is 29.8 Å². The molecule has 40 heavy (non-hydrogen) atoms. The molecule has 2 aromatic carbocycles. The molecule has 1 saturated heterocycles. The molecular formula is C29H36N4O6S. The molecule has 2 amide bonds. The van der Waals surface area contributed by atoms with Crippen LogP contribution in [0.25, 0.3) is 10.9 Å². The quantitative estimate of drug-likeness (QED) is 0.409. The molecule has 11 heteroatoms. The molecule has 1 aliphatic rings. The van der Waals surface area contributed by atoms with Gasteiger partial charge in [0, 0.05) is 24.5 Å². The van der Waals surface area contributed by atoms with Crippen LogP contribution in [0, 0.1) is 5.92 Å². The number of ether oxygens (including phenoxy) is 1. The Kier molecular flexibility index (Phi) is 8.95. The van der Waals surface area contributed by atoms with Gasteiger partial charge in [-0.3, -0.25) is 14.4 Å². The maximum absolute atomic E-state index is 13.4. The van der Waals surface area contributed by atoms with Gasteiger partial charge in [0.05, 0.1) is 24.6 Å². The molecule has 2 heterocycles. The summed E-state index contributed by atoms with van der Waals surface area (Å²) in [7, 11) is -0.616. The molecule has 214 valence electrons. The second-order valence-electron chi connectivity index (χ2n) is 10.5. The van der Waals surface area contributed by atoms with Crippen LogP contribution in [-0.2, 0) is 26.7 Å². The third-order valence-corrected chi connectivity index (χ3v) is 9.01. The summed E-state index contributed by atoms with van der Waals surface area (Å²) in [5, 5.41) is 6.56. The number of amides is 2. The number of methoxy groups -OCH3 is 1. The number of nitrogens with zero attached hydrogens (tertiary/aromatic N) is 2. The highest BCUT2D eigenvalue weighted by Gasteiger charge is 2.34. The molecule has 3 aromatic rings. The summed E-state index contributed by atoms with van der Waals surface area (Å²) in [5.41, 5.74) is 1.32. The number of rotatable bonds is 9. The SMILES string of the molecule is COc1ccc(S(=O)(=O)N2CCCC(NC(=O)[C@H](CC(C)C)NC(=O)c3cc4ccccc4n3C)C(=O)C2)cc1. The van der Waals surface area contributed by atoms with Crippen LogP contribution in [0.15, 0.2) is 59.5 Å². The van der Waals surface area contributed by atoms with Gasteiger partial charge in [-0.2, -0.15) is 4.31 Å². The standard InChI is InChI=1S/C29H36N4O6S/c1-19(2)16-24(31-29(36)26-17-20-8-5-6-10-25(20)32(26)3)28(35)30-23-9-7-15-33(18-27(23)34)40(37,38)22-13-11-21(39-4)12-14-22/h5-6,8,10-14,17,19,23-24H,7,9,15-16,18H2,1-4H3,(H,30,35)(H,31,36)/t23?,24-/m0/s1. The van der Waals surface area contributed by atoms with Crippen molar-refractivity contribution in [1.29, 1.82) is 0 Å². The summed E-state index contributed by atoms with van der Waals surface area (Å²) in [4.78, 5) is 39.8. The molecule has 1 aliphatic heterocycles. The molecule has 1 fully saturated rings. The largest absolute Gasteiger partial charge is 0.497 e. The van der Waals surface area contributed by atoms with E-state index in [0.717, 1.165) is 15.2 Å². The number of Topliss-reactive ketones (excluding diaryl/α,β-unsaturated/α-hetero) is 1. The highest BCUT2D eigenvalue weighted by Crippen LogP contribution is 2.22. The van der Waals surface area contributed by atoms with Crippen molar-refractivity contribution in [2.24, 2.45) is 13.0 Å². The molecule has 0 saturated carbocycles. The van der Waals surface area contributed by atoms with E-state index in [9.17, 15) is 22.8 Å². The molecule has 0 bridgehead atoms. The first-order valence-electron chi connectivity index (χ1n) is 13.3. The summed E-state index contributed by atoms with van der Waals surface area (Å²) in [6.45, 7) is 3.69. The van der Waals surface area contributed by atoms with Gasteiger partial charge in [-0.1, -0.05) is 32.0 Å². The average molecular weight is 569 g/mol. The van der Waals surface area contributed by atoms with Crippen molar-refractivity contribution >= 4 is 38.5 Å². The maximum Gasteiger partial charge on any atom is 0.268 e. The Labute approximate surface area is 234 Å². The zero-order valence-corrected chi connectivity index (χ0v) is 24.0. The molecule has 10 nitrogen and oxygen atoms in total. The van der Waals surface area contributed by atoms with E-state index in [4.69, 9.17) is 4.74 Å². The smallest absolute Gasteiger partial charge is 0.268 e. The molecule has 1 unspecified atom stereocenters. The molecule has 0 aliphatic carbocycles. The second-order valence-corrected chi connectivity index (χ2v) is 12.4. The van der Waals surface area contributed by atoms with Crippen LogP contribution in [0.4, 0.5) is 0 Å². The number of carbonyl (C=O) groups is 3. The van der Waals surface area contributed by atoms with Crippen molar-refractivity contribution in [2.75, 3.05) is 20.2 Å². The molecular weight excluding hydrogens is 532 g/mol. The van der Waals surface area contributed by atoms with Gasteiger partial charge < -0.3 is 19.9 Å². The molecule has 1 aromatic heterocycles. The van der Waals surface area contributed by atoms with Gasteiger partial charge >= 0.3 is 0 Å². The molecule has 2 N–H and O–H groups in total. The Hall–Kier alpha value is -3.70. The minimum atomic E-state index is -3.90. The number of para-hydroxylation sites is 1. The molecule has 4 rings (SSSR count). The van der Waals surface area contributed by atoms with Crippen LogP contribution in [-0.4, -0.2) is 67.2 Å². The van der Waals surface area contributed by atoms with Gasteiger partial charge in [0.1, 0.15) is 17.5 Å². The third-order valence-electron chi connectivity index (χ3n) is 7.15. The summed E-state index contributed by atoms with van der Waals surface area (Å²) in [5.74, 6) is -0.629. The first kappa shape index (κ1) is 29.3. The van der Waals surface area contributed by atoms with E-state index in [1.807, 2.05) is 38.1 Å². The van der Waals surface area contributed by atoms with Crippen LogP contribution in [0.2, 0.25) is 0 Å². The van der Waals surface area contributed by atoms with Gasteiger partial charge in [-0.15, -0.1) is 0 Å². The monoisotopic (exact) mass is 568 g/mol. The second kappa shape index (κ2) is 12.2. The lowest BCUT2D eigenvalue weighted by atomic mass is 10.0. The minimum Gasteiger partial charge on any atom is -0.497 e. The van der Waals surface area contributed by atoms with E-state index in [2.05, 4.69) is 10.6 Å². The Balaban J connectivity index is 1.45. The molecule has 0 spiro atoms. The normalized spacial score (nSPS) is 17.4. The summed E-state index contributed by atoms with van der Waals surface area (Å²) < 4.78 is 34.4. The van der Waals surface area contributed by atoms with Crippen molar-refractivity contribution in [1.82, 2.24) is 19.5 Å². The summed E-state index contributed by atoms with van der Waals surface area (Å²) >= 11 is 0. The number of aryl methyl sites for hydroxylation is 1. The fourth-order valence-corrected chi connectivity index (χ4v) is 6.41. The lowest BCUT2D eigenvalue weighted by Crippen LogP contribution is -2.52. The first-order chi connectivity index (χ1) is 19.0. The number of aromatic nitrogens is 1. The van der Waals surface area contributed by atoms with Gasteiger partial charge in [0.25, 0.3) is 5.91 Å². The number of hydrogen-bond acceptors (Lipinski definition) is 6. The third kappa shape index (κ3) is 6.37. The number of nitrogens with one attached hydrogen (secondary N) is 2. The van der Waals surface area contributed by atoms with Gasteiger partial charge in [0.15, 0.2) is 5.78 Å². The highest BCUT2D eigenvalue weighted by atomic mass is 32.2. The highest BCUT2D eigenvalue weighted by molar-refractivity contribution is 7.89. The van der Waals surface area contributed by atoms with Crippen LogP contribution in [0.1, 0.15) is 43.6 Å². The predicted molar refractivity (Wildman–Crippen MR) is 152 cm³/mol. The van der Waals surface area contributed by atoms with E-state index in [1.165, 1.54) is 19.2 Å². The zero-order valence-electron chi connectivity index (χ0n) is 23.2. The van der Waals surface area contributed by atoms with Crippen molar-refractivity contribution in [3.05, 3.63) is 60.3 Å². The molecule has 0 radical (unpaired) electrons. The number of fused-ring (bicyclic) bond motifs is 1. The summed E-state index contributed by atoms with van der Waals surface area (Å²) in [6, 6.07) is 13.7. The number of hydrogen-bond donors (Lipinski definition) is 2. The van der Waals surface area contributed by atoms with Gasteiger partial charge in [-0.25, -0.2) is 8.42 Å². The number of benzene rings is 2. The fraction of sp³-hybridized carbons (Fsp3) is 0.414. The van der Waals surface area contributed by atoms with Crippen LogP contribution >= 0.6 is 0 Å². The Morgan fingerprint density at radius 2 is 1.80 bits per heavy atom. The van der Waals surface area contributed by atoms with Gasteiger partial charge in [0.2, 0.25) is 15.9 Å². The first-order valence-corrected chi connectivity index (χ1v) is 14.8. The molecule has 2 atom stereocenters. The van der Waals surface area contributed by atoms with Crippen LogP contribution in [0.5, 0.6) is 5.75 Å². The van der Waals surface area contributed by atoms with Crippen LogP contribution < -0.4 is 15.4 Å². The zero-order chi connectivity index (χ0) is 29.0. The van der Waals surface area contributed by atoms with Gasteiger partial charge in [-0.05, 0) is 61.6 Å². The van der Waals surface area contributed by atoms with Crippen molar-refractivity contribution in [3.8, 4) is 5.75 Å². The fourth-order valence-electron chi connectivity index (χ4n) is 4.96. The number of sulfonamides is 1. The van der Waals surface area contributed by atoms with Crippen molar-refractivity contribution in [2.45, 2.75) is 50.1 Å². The van der Waals surface area contributed by atoms with E-state index in [1.54, 1.807) is 29.8 Å². The van der Waals surface area contributed by atoms with Crippen LogP contribution in [0.3, 0.4) is 0 Å². The number of ketones is 1. The van der Waals surface area contributed by atoms with Crippen molar-refractivity contribution < 1.29 is 27.5 Å². The lowest BCUT2D eigenvalue weighted by Gasteiger charge is -2.23. The Bertz CT molecular complexity index is 1500. The number of carbonyl (C=O) groups excluding carboxylic acids is 3. The topological polar surface area (TPSA) is 127 Å². The summed E-state index contributed by atoms with van der Waals surface area (Å²) in [6.07, 6.45) is 1.06. The van der Waals surface area contributed by atoms with E-state index in [0.29, 0.717) is 30.7 Å². The predicted octanol–water partition coefficient (Wildman–Crippen LogP) is 2.87. The Morgan fingerprint density at radius 3 is 2.45 bits per heavy atom. The Morgan fingerprint density at radius 1 is 1.10 bits per heavy atom. The van der Waals surface area contributed by atoms with E-state index < -0.39 is 33.8 Å². The average Bonchev–Trinajstić information content (AvgIpc) is 3.15. The maximum atomic E-state index is 13.4. The van der Waals surface area contributed by atoms with Crippen molar-refractivity contribution in [3.63, 3.8) is 0 Å². The minimum absolute atomic E-state index is 0.0663. The van der Waals surface area contributed by atoms with E-state index >= 15 is 0 Å².